The van der Waals surface area contributed by atoms with Crippen LogP contribution in [0.1, 0.15) is 20.9 Å². The minimum atomic E-state index is -4.63. The van der Waals surface area contributed by atoms with Gasteiger partial charge in [-0.3, -0.25) is 4.79 Å². The number of alkyl halides is 3. The lowest BCUT2D eigenvalue weighted by atomic mass is 10.1. The van der Waals surface area contributed by atoms with Crippen LogP contribution in [0.5, 0.6) is 0 Å². The highest BCUT2D eigenvalue weighted by atomic mass is 32.1. The third-order valence-corrected chi connectivity index (χ3v) is 5.06. The number of hydrogen-bond donors (Lipinski definition) is 0. The number of fused-ring (bicyclic) bond motifs is 1. The molecule has 0 aliphatic carbocycles. The highest BCUT2D eigenvalue weighted by Gasteiger charge is 2.35. The van der Waals surface area contributed by atoms with E-state index in [0.29, 0.717) is 12.3 Å². The highest BCUT2D eigenvalue weighted by molar-refractivity contribution is 7.09. The maximum Gasteiger partial charge on any atom is 0.420 e. The summed E-state index contributed by atoms with van der Waals surface area (Å²) >= 11 is 1.50. The van der Waals surface area contributed by atoms with E-state index in [9.17, 15) is 18.0 Å². The van der Waals surface area contributed by atoms with Crippen molar-refractivity contribution < 1.29 is 22.4 Å². The van der Waals surface area contributed by atoms with Gasteiger partial charge in [0.25, 0.3) is 5.91 Å². The van der Waals surface area contributed by atoms with E-state index in [4.69, 9.17) is 4.42 Å². The molecule has 0 aliphatic rings. The third-order valence-electron chi connectivity index (χ3n) is 4.20. The van der Waals surface area contributed by atoms with Gasteiger partial charge in [-0.2, -0.15) is 13.2 Å². The van der Waals surface area contributed by atoms with Gasteiger partial charge in [0.2, 0.25) is 0 Å². The standard InChI is InChI=1S/C19H14F3N3O2S/c1-24(10-13-4-3-7-28-13)18(26)15-11-25-9-12(16-5-2-6-27-16)8-14(17(25)23-15)19(20,21)22/h2-9,11H,10H2,1H3. The zero-order chi connectivity index (χ0) is 19.9. The number of furan rings is 1. The van der Waals surface area contributed by atoms with Crippen molar-refractivity contribution in [1.29, 1.82) is 0 Å². The van der Waals surface area contributed by atoms with Gasteiger partial charge in [-0.15, -0.1) is 11.3 Å². The first-order valence-electron chi connectivity index (χ1n) is 8.24. The molecule has 0 aliphatic heterocycles. The fourth-order valence-electron chi connectivity index (χ4n) is 2.89. The van der Waals surface area contributed by atoms with E-state index in [2.05, 4.69) is 4.98 Å². The maximum atomic E-state index is 13.6. The summed E-state index contributed by atoms with van der Waals surface area (Å²) in [5.41, 5.74) is -1.06. The van der Waals surface area contributed by atoms with Crippen LogP contribution in [0.15, 0.2) is 58.8 Å². The number of carbonyl (C=O) groups excluding carboxylic acids is 1. The normalized spacial score (nSPS) is 11.9. The SMILES string of the molecule is CN(Cc1cccs1)C(=O)c1cn2cc(-c3ccco3)cc(C(F)(F)F)c2n1. The van der Waals surface area contributed by atoms with Crippen LogP contribution in [0, 0.1) is 0 Å². The number of amides is 1. The van der Waals surface area contributed by atoms with Gasteiger partial charge in [0, 0.05) is 29.9 Å². The molecule has 0 saturated heterocycles. The molecule has 9 heteroatoms. The van der Waals surface area contributed by atoms with Crippen LogP contribution in [0.2, 0.25) is 0 Å². The van der Waals surface area contributed by atoms with Crippen molar-refractivity contribution in [3.8, 4) is 11.3 Å². The summed E-state index contributed by atoms with van der Waals surface area (Å²) in [6, 6.07) is 7.89. The summed E-state index contributed by atoms with van der Waals surface area (Å²) in [5.74, 6) is -0.159. The maximum absolute atomic E-state index is 13.6. The van der Waals surface area contributed by atoms with Crippen LogP contribution in [-0.4, -0.2) is 27.2 Å². The molecule has 0 radical (unpaired) electrons. The van der Waals surface area contributed by atoms with E-state index in [-0.39, 0.29) is 16.9 Å². The lowest BCUT2D eigenvalue weighted by Gasteiger charge is -2.14. The Morgan fingerprint density at radius 2 is 2.11 bits per heavy atom. The molecule has 0 unspecified atom stereocenters. The predicted molar refractivity (Wildman–Crippen MR) is 98.0 cm³/mol. The molecule has 4 rings (SSSR count). The van der Waals surface area contributed by atoms with Crippen LogP contribution < -0.4 is 0 Å². The second-order valence-corrected chi connectivity index (χ2v) is 7.25. The molecule has 0 saturated carbocycles. The van der Waals surface area contributed by atoms with Gasteiger partial charge in [0.05, 0.1) is 18.4 Å². The molecule has 4 heterocycles. The van der Waals surface area contributed by atoms with Crippen LogP contribution in [-0.2, 0) is 12.7 Å². The molecular weight excluding hydrogens is 391 g/mol. The fraction of sp³-hybridized carbons (Fsp3) is 0.158. The Balaban J connectivity index is 1.76. The lowest BCUT2D eigenvalue weighted by Crippen LogP contribution is -2.26. The Morgan fingerprint density at radius 3 is 2.75 bits per heavy atom. The number of hydrogen-bond acceptors (Lipinski definition) is 4. The molecule has 0 spiro atoms. The smallest absolute Gasteiger partial charge is 0.420 e. The second-order valence-electron chi connectivity index (χ2n) is 6.22. The largest absolute Gasteiger partial charge is 0.464 e. The number of imidazole rings is 1. The lowest BCUT2D eigenvalue weighted by molar-refractivity contribution is -0.136. The van der Waals surface area contributed by atoms with Crippen molar-refractivity contribution in [2.24, 2.45) is 0 Å². The van der Waals surface area contributed by atoms with E-state index in [1.165, 1.54) is 39.3 Å². The summed E-state index contributed by atoms with van der Waals surface area (Å²) in [7, 11) is 1.59. The van der Waals surface area contributed by atoms with Gasteiger partial charge in [-0.25, -0.2) is 4.98 Å². The third kappa shape index (κ3) is 3.40. The zero-order valence-corrected chi connectivity index (χ0v) is 15.4. The van der Waals surface area contributed by atoms with Gasteiger partial charge in [-0.05, 0) is 29.6 Å². The molecule has 1 amide bonds. The topological polar surface area (TPSA) is 50.8 Å². The average molecular weight is 405 g/mol. The summed E-state index contributed by atoms with van der Waals surface area (Å²) in [6.45, 7) is 0.355. The minimum absolute atomic E-state index is 0.0545. The van der Waals surface area contributed by atoms with Crippen molar-refractivity contribution in [2.75, 3.05) is 7.05 Å². The monoisotopic (exact) mass is 405 g/mol. The number of halogens is 3. The highest BCUT2D eigenvalue weighted by Crippen LogP contribution is 2.35. The summed E-state index contributed by atoms with van der Waals surface area (Å²) in [4.78, 5) is 19.0. The quantitative estimate of drug-likeness (QED) is 0.483. The molecule has 0 fully saturated rings. The zero-order valence-electron chi connectivity index (χ0n) is 14.6. The van der Waals surface area contributed by atoms with Gasteiger partial charge in [0.1, 0.15) is 17.1 Å². The number of nitrogens with zero attached hydrogens (tertiary/aromatic N) is 3. The van der Waals surface area contributed by atoms with Crippen molar-refractivity contribution in [2.45, 2.75) is 12.7 Å². The first-order valence-corrected chi connectivity index (χ1v) is 9.12. The van der Waals surface area contributed by atoms with Gasteiger partial charge >= 0.3 is 6.18 Å². The Bertz CT molecular complexity index is 1120. The van der Waals surface area contributed by atoms with Crippen molar-refractivity contribution in [1.82, 2.24) is 14.3 Å². The van der Waals surface area contributed by atoms with E-state index in [1.807, 2.05) is 17.5 Å². The van der Waals surface area contributed by atoms with Gasteiger partial charge in [0.15, 0.2) is 0 Å². The molecular formula is C19H14F3N3O2S. The van der Waals surface area contributed by atoms with Crippen LogP contribution in [0.3, 0.4) is 0 Å². The van der Waals surface area contributed by atoms with Crippen molar-refractivity contribution in [3.05, 3.63) is 70.5 Å². The molecule has 0 atom stereocenters. The number of thiophene rings is 1. The van der Waals surface area contributed by atoms with Crippen LogP contribution in [0.25, 0.3) is 17.0 Å². The van der Waals surface area contributed by atoms with Crippen LogP contribution >= 0.6 is 11.3 Å². The van der Waals surface area contributed by atoms with Crippen molar-refractivity contribution in [3.63, 3.8) is 0 Å². The molecule has 0 N–H and O–H groups in total. The first-order chi connectivity index (χ1) is 13.3. The van der Waals surface area contributed by atoms with Crippen LogP contribution in [0.4, 0.5) is 13.2 Å². The van der Waals surface area contributed by atoms with E-state index in [1.54, 1.807) is 19.2 Å². The average Bonchev–Trinajstić information content (AvgIpc) is 3.39. The van der Waals surface area contributed by atoms with Gasteiger partial charge < -0.3 is 13.7 Å². The first kappa shape index (κ1) is 18.3. The molecule has 0 bridgehead atoms. The Kier molecular flexibility index (Phi) is 4.46. The molecule has 5 nitrogen and oxygen atoms in total. The summed E-state index contributed by atoms with van der Waals surface area (Å²) in [5, 5.41) is 1.89. The molecule has 4 aromatic heterocycles. The predicted octanol–water partition coefficient (Wildman–Crippen LogP) is 4.95. The molecule has 4 aromatic rings. The fourth-order valence-corrected chi connectivity index (χ4v) is 3.65. The Hall–Kier alpha value is -3.07. The molecule has 0 aromatic carbocycles. The summed E-state index contributed by atoms with van der Waals surface area (Å²) < 4.78 is 47.2. The Labute approximate surface area is 161 Å². The Morgan fingerprint density at radius 1 is 1.29 bits per heavy atom. The number of rotatable bonds is 4. The van der Waals surface area contributed by atoms with E-state index < -0.39 is 17.6 Å². The molecule has 144 valence electrons. The summed E-state index contributed by atoms with van der Waals surface area (Å²) in [6.07, 6.45) is -0.468. The van der Waals surface area contributed by atoms with E-state index >= 15 is 0 Å². The molecule has 28 heavy (non-hydrogen) atoms. The minimum Gasteiger partial charge on any atom is -0.464 e. The second kappa shape index (κ2) is 6.83. The number of carbonyl (C=O) groups is 1. The van der Waals surface area contributed by atoms with E-state index in [0.717, 1.165) is 10.9 Å². The van der Waals surface area contributed by atoms with Crippen molar-refractivity contribution >= 4 is 22.9 Å². The number of pyridine rings is 1. The van der Waals surface area contributed by atoms with Gasteiger partial charge in [-0.1, -0.05) is 6.07 Å². The number of aromatic nitrogens is 2.